The Kier molecular flexibility index (Phi) is 5.59. The van der Waals surface area contributed by atoms with Crippen LogP contribution >= 0.6 is 23.5 Å². The van der Waals surface area contributed by atoms with Crippen molar-refractivity contribution in [3.05, 3.63) is 30.3 Å². The van der Waals surface area contributed by atoms with Gasteiger partial charge in [0.15, 0.2) is 0 Å². The van der Waals surface area contributed by atoms with Crippen molar-refractivity contribution in [1.82, 2.24) is 5.32 Å². The van der Waals surface area contributed by atoms with Crippen LogP contribution in [0.2, 0.25) is 0 Å². The van der Waals surface area contributed by atoms with Crippen LogP contribution in [0.25, 0.3) is 0 Å². The molecule has 1 aromatic carbocycles. The smallest absolute Gasteiger partial charge is 0.0106 e. The molecule has 0 amide bonds. The summed E-state index contributed by atoms with van der Waals surface area (Å²) in [6, 6.07) is 11.4. The van der Waals surface area contributed by atoms with Gasteiger partial charge in [-0.1, -0.05) is 18.2 Å². The van der Waals surface area contributed by atoms with Gasteiger partial charge in [-0.15, -0.1) is 11.8 Å². The predicted molar refractivity (Wildman–Crippen MR) is 75.5 cm³/mol. The molecule has 2 rings (SSSR count). The van der Waals surface area contributed by atoms with Gasteiger partial charge in [-0.3, -0.25) is 0 Å². The largest absolute Gasteiger partial charge is 0.313 e. The molecule has 1 saturated heterocycles. The van der Waals surface area contributed by atoms with E-state index in [-0.39, 0.29) is 0 Å². The van der Waals surface area contributed by atoms with E-state index in [1.54, 1.807) is 0 Å². The van der Waals surface area contributed by atoms with Crippen LogP contribution < -0.4 is 5.32 Å². The van der Waals surface area contributed by atoms with Gasteiger partial charge in [0.2, 0.25) is 0 Å². The molecule has 1 aliphatic heterocycles. The molecule has 1 aliphatic rings. The van der Waals surface area contributed by atoms with E-state index < -0.39 is 0 Å². The number of benzene rings is 1. The summed E-state index contributed by atoms with van der Waals surface area (Å²) in [7, 11) is 0. The molecule has 0 saturated carbocycles. The maximum Gasteiger partial charge on any atom is 0.0106 e. The van der Waals surface area contributed by atoms with Crippen molar-refractivity contribution in [3.63, 3.8) is 0 Å². The van der Waals surface area contributed by atoms with Gasteiger partial charge in [0.05, 0.1) is 0 Å². The molecule has 1 nitrogen and oxygen atoms in total. The van der Waals surface area contributed by atoms with E-state index in [1.165, 1.54) is 35.0 Å². The van der Waals surface area contributed by atoms with Crippen LogP contribution in [0.4, 0.5) is 0 Å². The standard InChI is InChI=1S/C13H19NS2/c1-2-4-13(5-3-1)16-11-8-14-12-6-9-15-10-7-12/h1-5,12,14H,6-11H2. The normalized spacial score (nSPS) is 17.5. The zero-order chi connectivity index (χ0) is 11.1. The molecule has 0 radical (unpaired) electrons. The lowest BCUT2D eigenvalue weighted by Crippen LogP contribution is -2.34. The third kappa shape index (κ3) is 4.40. The molecule has 0 atom stereocenters. The zero-order valence-corrected chi connectivity index (χ0v) is 11.2. The van der Waals surface area contributed by atoms with Gasteiger partial charge in [-0.25, -0.2) is 0 Å². The Morgan fingerprint density at radius 2 is 1.94 bits per heavy atom. The second kappa shape index (κ2) is 7.25. The topological polar surface area (TPSA) is 12.0 Å². The van der Waals surface area contributed by atoms with E-state index in [2.05, 4.69) is 47.4 Å². The highest BCUT2D eigenvalue weighted by Gasteiger charge is 2.11. The van der Waals surface area contributed by atoms with Crippen LogP contribution in [0.15, 0.2) is 35.2 Å². The van der Waals surface area contributed by atoms with Crippen molar-refractivity contribution in [2.75, 3.05) is 23.8 Å². The van der Waals surface area contributed by atoms with E-state index >= 15 is 0 Å². The molecular weight excluding hydrogens is 234 g/mol. The summed E-state index contributed by atoms with van der Waals surface area (Å²) in [6.45, 7) is 1.13. The minimum absolute atomic E-state index is 0.776. The lowest BCUT2D eigenvalue weighted by atomic mass is 10.1. The molecule has 0 unspecified atom stereocenters. The number of hydrogen-bond acceptors (Lipinski definition) is 3. The summed E-state index contributed by atoms with van der Waals surface area (Å²) in [5.41, 5.74) is 0. The van der Waals surface area contributed by atoms with Gasteiger partial charge in [0, 0.05) is 23.2 Å². The molecule has 0 bridgehead atoms. The SMILES string of the molecule is c1ccc(SCCNC2CCSCC2)cc1. The fraction of sp³-hybridized carbons (Fsp3) is 0.538. The van der Waals surface area contributed by atoms with E-state index in [9.17, 15) is 0 Å². The lowest BCUT2D eigenvalue weighted by Gasteiger charge is -2.22. The van der Waals surface area contributed by atoms with Crippen LogP contribution in [-0.2, 0) is 0 Å². The molecule has 1 aromatic rings. The van der Waals surface area contributed by atoms with Crippen molar-refractivity contribution in [3.8, 4) is 0 Å². The molecular formula is C13H19NS2. The summed E-state index contributed by atoms with van der Waals surface area (Å²) < 4.78 is 0. The predicted octanol–water partition coefficient (Wildman–Crippen LogP) is 3.26. The van der Waals surface area contributed by atoms with Gasteiger partial charge in [-0.2, -0.15) is 11.8 Å². The first-order valence-electron chi connectivity index (χ1n) is 5.94. The zero-order valence-electron chi connectivity index (χ0n) is 9.52. The van der Waals surface area contributed by atoms with Crippen LogP contribution in [0.5, 0.6) is 0 Å². The molecule has 1 N–H and O–H groups in total. The molecule has 0 aliphatic carbocycles. The highest BCUT2D eigenvalue weighted by molar-refractivity contribution is 7.99. The number of thioether (sulfide) groups is 2. The molecule has 0 spiro atoms. The van der Waals surface area contributed by atoms with Crippen molar-refractivity contribution in [1.29, 1.82) is 0 Å². The Hall–Kier alpha value is -0.120. The Morgan fingerprint density at radius 3 is 2.69 bits per heavy atom. The Bertz CT molecular complexity index is 283. The van der Waals surface area contributed by atoms with Gasteiger partial charge in [0.25, 0.3) is 0 Å². The second-order valence-corrected chi connectivity index (χ2v) is 6.40. The first-order chi connectivity index (χ1) is 7.95. The summed E-state index contributed by atoms with van der Waals surface area (Å²) in [6.07, 6.45) is 2.70. The highest BCUT2D eigenvalue weighted by atomic mass is 32.2. The average molecular weight is 253 g/mol. The van der Waals surface area contributed by atoms with Gasteiger partial charge < -0.3 is 5.32 Å². The summed E-state index contributed by atoms with van der Waals surface area (Å²) >= 11 is 4.03. The molecule has 1 heterocycles. The monoisotopic (exact) mass is 253 g/mol. The number of nitrogens with one attached hydrogen (secondary N) is 1. The fourth-order valence-electron chi connectivity index (χ4n) is 1.85. The molecule has 0 aromatic heterocycles. The van der Waals surface area contributed by atoms with E-state index in [0.29, 0.717) is 0 Å². The fourth-order valence-corrected chi connectivity index (χ4v) is 3.76. The minimum Gasteiger partial charge on any atom is -0.313 e. The van der Waals surface area contributed by atoms with E-state index in [0.717, 1.165) is 12.6 Å². The van der Waals surface area contributed by atoms with Gasteiger partial charge >= 0.3 is 0 Å². The van der Waals surface area contributed by atoms with Gasteiger partial charge in [0.1, 0.15) is 0 Å². The van der Waals surface area contributed by atoms with E-state index in [4.69, 9.17) is 0 Å². The van der Waals surface area contributed by atoms with Gasteiger partial charge in [-0.05, 0) is 36.5 Å². The molecule has 3 heteroatoms. The van der Waals surface area contributed by atoms with Crippen LogP contribution in [-0.4, -0.2) is 29.8 Å². The molecule has 1 fully saturated rings. The lowest BCUT2D eigenvalue weighted by molar-refractivity contribution is 0.499. The first kappa shape index (κ1) is 12.3. The third-order valence-electron chi connectivity index (χ3n) is 2.77. The van der Waals surface area contributed by atoms with Crippen LogP contribution in [0.1, 0.15) is 12.8 Å². The maximum atomic E-state index is 3.66. The minimum atomic E-state index is 0.776. The quantitative estimate of drug-likeness (QED) is 0.639. The summed E-state index contributed by atoms with van der Waals surface area (Å²) in [5, 5.41) is 3.66. The number of rotatable bonds is 5. The highest BCUT2D eigenvalue weighted by Crippen LogP contribution is 2.18. The average Bonchev–Trinajstić information content (AvgIpc) is 2.37. The van der Waals surface area contributed by atoms with Crippen molar-refractivity contribution in [2.24, 2.45) is 0 Å². The Labute approximate surface area is 107 Å². The number of hydrogen-bond donors (Lipinski definition) is 1. The van der Waals surface area contributed by atoms with Crippen LogP contribution in [0, 0.1) is 0 Å². The van der Waals surface area contributed by atoms with Crippen molar-refractivity contribution in [2.45, 2.75) is 23.8 Å². The van der Waals surface area contributed by atoms with Crippen molar-refractivity contribution < 1.29 is 0 Å². The summed E-state index contributed by atoms with van der Waals surface area (Å²) in [4.78, 5) is 1.38. The van der Waals surface area contributed by atoms with Crippen LogP contribution in [0.3, 0.4) is 0 Å². The second-order valence-electron chi connectivity index (χ2n) is 4.00. The third-order valence-corrected chi connectivity index (χ3v) is 4.83. The Morgan fingerprint density at radius 1 is 1.19 bits per heavy atom. The maximum absolute atomic E-state index is 3.66. The first-order valence-corrected chi connectivity index (χ1v) is 8.08. The van der Waals surface area contributed by atoms with Crippen molar-refractivity contribution >= 4 is 23.5 Å². The van der Waals surface area contributed by atoms with E-state index in [1.807, 2.05) is 11.8 Å². The summed E-state index contributed by atoms with van der Waals surface area (Å²) in [5.74, 6) is 3.85. The Balaban J connectivity index is 1.58. The molecule has 88 valence electrons. The molecule has 16 heavy (non-hydrogen) atoms.